The number of halogens is 1. The van der Waals surface area contributed by atoms with Gasteiger partial charge in [-0.05, 0) is 38.0 Å². The summed E-state index contributed by atoms with van der Waals surface area (Å²) < 4.78 is 0. The highest BCUT2D eigenvalue weighted by molar-refractivity contribution is 6.30. The Balaban J connectivity index is 1.86. The van der Waals surface area contributed by atoms with Crippen molar-refractivity contribution in [2.24, 2.45) is 0 Å². The largest absolute Gasteiger partial charge is 0.376 e. The van der Waals surface area contributed by atoms with Crippen molar-refractivity contribution < 1.29 is 4.79 Å². The Morgan fingerprint density at radius 2 is 2.29 bits per heavy atom. The van der Waals surface area contributed by atoms with Crippen LogP contribution < -0.4 is 5.32 Å². The van der Waals surface area contributed by atoms with E-state index in [1.165, 1.54) is 0 Å². The summed E-state index contributed by atoms with van der Waals surface area (Å²) in [6, 6.07) is 7.90. The van der Waals surface area contributed by atoms with Crippen molar-refractivity contribution in [3.05, 3.63) is 29.3 Å². The predicted molar refractivity (Wildman–Crippen MR) is 70.4 cm³/mol. The molecular formula is C13H17ClN2O. The highest BCUT2D eigenvalue weighted by Crippen LogP contribution is 2.26. The number of rotatable bonds is 5. The van der Waals surface area contributed by atoms with Crippen LogP contribution in [0.15, 0.2) is 24.3 Å². The second-order valence-electron chi connectivity index (χ2n) is 4.27. The molecule has 1 aliphatic carbocycles. The van der Waals surface area contributed by atoms with Crippen molar-refractivity contribution in [3.8, 4) is 0 Å². The molecule has 0 atom stereocenters. The minimum absolute atomic E-state index is 0.162. The average Bonchev–Trinajstić information content (AvgIpc) is 3.12. The van der Waals surface area contributed by atoms with Crippen molar-refractivity contribution in [3.63, 3.8) is 0 Å². The van der Waals surface area contributed by atoms with E-state index < -0.39 is 0 Å². The number of nitrogens with one attached hydrogen (secondary N) is 1. The van der Waals surface area contributed by atoms with E-state index in [0.29, 0.717) is 17.6 Å². The third kappa shape index (κ3) is 3.37. The molecule has 3 nitrogen and oxygen atoms in total. The number of carbonyl (C=O) groups excluding carboxylic acids is 1. The van der Waals surface area contributed by atoms with Gasteiger partial charge in [0, 0.05) is 23.3 Å². The lowest BCUT2D eigenvalue weighted by Crippen LogP contribution is -2.37. The lowest BCUT2D eigenvalue weighted by Gasteiger charge is -2.20. The van der Waals surface area contributed by atoms with Crippen molar-refractivity contribution in [1.29, 1.82) is 0 Å². The van der Waals surface area contributed by atoms with E-state index in [9.17, 15) is 4.79 Å². The predicted octanol–water partition coefficient (Wildman–Crippen LogP) is 2.76. The summed E-state index contributed by atoms with van der Waals surface area (Å²) in [5.74, 6) is 0.162. The molecule has 0 aliphatic heterocycles. The van der Waals surface area contributed by atoms with E-state index in [1.807, 2.05) is 36.1 Å². The molecule has 1 aromatic rings. The van der Waals surface area contributed by atoms with Gasteiger partial charge in [0.05, 0.1) is 6.54 Å². The number of amides is 1. The maximum atomic E-state index is 11.9. The first-order valence-electron chi connectivity index (χ1n) is 5.99. The van der Waals surface area contributed by atoms with E-state index >= 15 is 0 Å². The number of hydrogen-bond acceptors (Lipinski definition) is 2. The normalized spacial score (nSPS) is 14.5. The van der Waals surface area contributed by atoms with Gasteiger partial charge < -0.3 is 10.2 Å². The zero-order valence-electron chi connectivity index (χ0n) is 9.95. The molecule has 0 heterocycles. The zero-order valence-corrected chi connectivity index (χ0v) is 10.7. The van der Waals surface area contributed by atoms with Crippen molar-refractivity contribution >= 4 is 23.2 Å². The Kier molecular flexibility index (Phi) is 3.89. The van der Waals surface area contributed by atoms with Crippen LogP contribution in [0.5, 0.6) is 0 Å². The Morgan fingerprint density at radius 1 is 1.53 bits per heavy atom. The lowest BCUT2D eigenvalue weighted by atomic mass is 10.3. The Hall–Kier alpha value is -1.22. The first kappa shape index (κ1) is 12.2. The van der Waals surface area contributed by atoms with Crippen molar-refractivity contribution in [2.75, 3.05) is 18.4 Å². The number of carbonyl (C=O) groups is 1. The molecule has 1 aromatic carbocycles. The molecule has 17 heavy (non-hydrogen) atoms. The fourth-order valence-electron chi connectivity index (χ4n) is 1.90. The van der Waals surface area contributed by atoms with Crippen LogP contribution in [0.3, 0.4) is 0 Å². The maximum absolute atomic E-state index is 11.9. The van der Waals surface area contributed by atoms with Gasteiger partial charge in [-0.15, -0.1) is 0 Å². The van der Waals surface area contributed by atoms with Crippen LogP contribution in [0.2, 0.25) is 5.02 Å². The van der Waals surface area contributed by atoms with Gasteiger partial charge in [-0.2, -0.15) is 0 Å². The first-order chi connectivity index (χ1) is 8.20. The monoisotopic (exact) mass is 252 g/mol. The van der Waals surface area contributed by atoms with Gasteiger partial charge in [0.25, 0.3) is 0 Å². The van der Waals surface area contributed by atoms with Gasteiger partial charge in [-0.3, -0.25) is 4.79 Å². The van der Waals surface area contributed by atoms with Crippen molar-refractivity contribution in [1.82, 2.24) is 4.90 Å². The standard InChI is InChI=1S/C13H17ClN2O/c1-2-16(12-6-7-12)13(17)9-15-11-5-3-4-10(14)8-11/h3-5,8,12,15H,2,6-7,9H2,1H3. The Labute approximate surface area is 107 Å². The summed E-state index contributed by atoms with van der Waals surface area (Å²) in [5, 5.41) is 3.78. The van der Waals surface area contributed by atoms with Crippen LogP contribution in [0.25, 0.3) is 0 Å². The summed E-state index contributed by atoms with van der Waals surface area (Å²) in [6.45, 7) is 3.15. The smallest absolute Gasteiger partial charge is 0.242 e. The van der Waals surface area contributed by atoms with Gasteiger partial charge >= 0.3 is 0 Å². The molecule has 0 unspecified atom stereocenters. The highest BCUT2D eigenvalue weighted by atomic mass is 35.5. The Morgan fingerprint density at radius 3 is 2.88 bits per heavy atom. The third-order valence-electron chi connectivity index (χ3n) is 2.92. The number of nitrogens with zero attached hydrogens (tertiary/aromatic N) is 1. The molecule has 0 radical (unpaired) electrons. The van der Waals surface area contributed by atoms with Gasteiger partial charge in [-0.1, -0.05) is 17.7 Å². The van der Waals surface area contributed by atoms with Crippen LogP contribution >= 0.6 is 11.6 Å². The van der Waals surface area contributed by atoms with Crippen LogP contribution in [0, 0.1) is 0 Å². The van der Waals surface area contributed by atoms with Crippen LogP contribution in [0.4, 0.5) is 5.69 Å². The van der Waals surface area contributed by atoms with Gasteiger partial charge in [0.2, 0.25) is 5.91 Å². The van der Waals surface area contributed by atoms with E-state index in [-0.39, 0.29) is 5.91 Å². The molecule has 1 aliphatic rings. The Bertz CT molecular complexity index is 404. The number of benzene rings is 1. The van der Waals surface area contributed by atoms with Gasteiger partial charge in [-0.25, -0.2) is 0 Å². The number of hydrogen-bond donors (Lipinski definition) is 1. The zero-order chi connectivity index (χ0) is 12.3. The lowest BCUT2D eigenvalue weighted by molar-refractivity contribution is -0.129. The molecule has 1 amide bonds. The maximum Gasteiger partial charge on any atom is 0.242 e. The van der Waals surface area contributed by atoms with Gasteiger partial charge in [0.1, 0.15) is 0 Å². The second-order valence-corrected chi connectivity index (χ2v) is 4.71. The molecule has 0 saturated heterocycles. The summed E-state index contributed by atoms with van der Waals surface area (Å²) in [4.78, 5) is 13.9. The van der Waals surface area contributed by atoms with Crippen molar-refractivity contribution in [2.45, 2.75) is 25.8 Å². The molecular weight excluding hydrogens is 236 g/mol. The minimum Gasteiger partial charge on any atom is -0.376 e. The van der Waals surface area contributed by atoms with Crippen LogP contribution in [0.1, 0.15) is 19.8 Å². The highest BCUT2D eigenvalue weighted by Gasteiger charge is 2.30. The van der Waals surface area contributed by atoms with Gasteiger partial charge in [0.15, 0.2) is 0 Å². The van der Waals surface area contributed by atoms with Crippen LogP contribution in [-0.2, 0) is 4.79 Å². The first-order valence-corrected chi connectivity index (χ1v) is 6.37. The summed E-state index contributed by atoms with van der Waals surface area (Å²) >= 11 is 5.88. The quantitative estimate of drug-likeness (QED) is 0.874. The molecule has 0 aromatic heterocycles. The molecule has 1 fully saturated rings. The fraction of sp³-hybridized carbons (Fsp3) is 0.462. The van der Waals surface area contributed by atoms with E-state index in [0.717, 1.165) is 25.1 Å². The van der Waals surface area contributed by atoms with E-state index in [2.05, 4.69) is 5.32 Å². The summed E-state index contributed by atoms with van der Waals surface area (Å²) in [5.41, 5.74) is 0.887. The number of likely N-dealkylation sites (N-methyl/N-ethyl adjacent to an activating group) is 1. The van der Waals surface area contributed by atoms with E-state index in [4.69, 9.17) is 11.6 Å². The molecule has 4 heteroatoms. The molecule has 2 rings (SSSR count). The average molecular weight is 253 g/mol. The minimum atomic E-state index is 0.162. The number of anilines is 1. The molecule has 0 bridgehead atoms. The van der Waals surface area contributed by atoms with Crippen LogP contribution in [-0.4, -0.2) is 29.9 Å². The molecule has 92 valence electrons. The molecule has 1 N–H and O–H groups in total. The second kappa shape index (κ2) is 5.41. The summed E-state index contributed by atoms with van der Waals surface area (Å²) in [6.07, 6.45) is 2.30. The third-order valence-corrected chi connectivity index (χ3v) is 3.15. The molecule has 0 spiro atoms. The molecule has 1 saturated carbocycles. The van der Waals surface area contributed by atoms with E-state index in [1.54, 1.807) is 0 Å². The summed E-state index contributed by atoms with van der Waals surface area (Å²) in [7, 11) is 0. The topological polar surface area (TPSA) is 32.3 Å². The fourth-order valence-corrected chi connectivity index (χ4v) is 2.09. The SMILES string of the molecule is CCN(C(=O)CNc1cccc(Cl)c1)C1CC1.